The Labute approximate surface area is 181 Å². The molecular formula is C21H22N3O4S2+. The maximum atomic E-state index is 12.5. The van der Waals surface area contributed by atoms with Gasteiger partial charge in [-0.25, -0.2) is 9.36 Å². The van der Waals surface area contributed by atoms with Crippen molar-refractivity contribution >= 4 is 51.0 Å². The van der Waals surface area contributed by atoms with Crippen molar-refractivity contribution in [2.24, 2.45) is 18.9 Å². The van der Waals surface area contributed by atoms with Gasteiger partial charge in [0.1, 0.15) is 11.4 Å². The minimum absolute atomic E-state index is 0.0776. The molecule has 156 valence electrons. The van der Waals surface area contributed by atoms with Crippen molar-refractivity contribution in [3.63, 3.8) is 0 Å². The molecule has 2 aliphatic heterocycles. The Hall–Kier alpha value is -2.36. The van der Waals surface area contributed by atoms with Crippen LogP contribution in [-0.2, 0) is 22.4 Å². The predicted octanol–water partition coefficient (Wildman–Crippen LogP) is 2.37. The van der Waals surface area contributed by atoms with Crippen LogP contribution in [0.15, 0.2) is 40.2 Å². The van der Waals surface area contributed by atoms with Crippen LogP contribution in [0.25, 0.3) is 16.0 Å². The van der Waals surface area contributed by atoms with Crippen LogP contribution in [-0.4, -0.2) is 43.5 Å². The lowest BCUT2D eigenvalue weighted by molar-refractivity contribution is -0.616. The monoisotopic (exact) mass is 444 g/mol. The summed E-state index contributed by atoms with van der Waals surface area (Å²) in [7, 11) is 2.04. The number of aliphatic hydroxyl groups is 1. The van der Waals surface area contributed by atoms with Crippen molar-refractivity contribution in [2.75, 3.05) is 0 Å². The Morgan fingerprint density at radius 3 is 2.80 bits per heavy atom. The number of aliphatic hydroxyl groups excluding tert-OH is 1. The summed E-state index contributed by atoms with van der Waals surface area (Å²) < 4.78 is 4.37. The number of aryl methyl sites for hydroxylation is 1. The average molecular weight is 445 g/mol. The lowest BCUT2D eigenvalue weighted by Crippen LogP contribution is -2.63. The summed E-state index contributed by atoms with van der Waals surface area (Å²) in [5.41, 5.74) is 3.43. The number of carbonyl (C=O) groups is 2. The summed E-state index contributed by atoms with van der Waals surface area (Å²) in [6.45, 7) is 3.55. The topological polar surface area (TPSA) is 86.1 Å². The third-order valence-corrected chi connectivity index (χ3v) is 8.61. The Morgan fingerprint density at radius 2 is 2.10 bits per heavy atom. The summed E-state index contributed by atoms with van der Waals surface area (Å²) in [6.07, 6.45) is -0.789. The maximum absolute atomic E-state index is 12.5. The highest BCUT2D eigenvalue weighted by Gasteiger charge is 2.60. The number of hydrogen-bond acceptors (Lipinski definition) is 5. The first-order chi connectivity index (χ1) is 14.3. The van der Waals surface area contributed by atoms with E-state index >= 15 is 0 Å². The summed E-state index contributed by atoms with van der Waals surface area (Å²) in [5, 5.41) is 21.9. The Morgan fingerprint density at radius 1 is 1.37 bits per heavy atom. The van der Waals surface area contributed by atoms with Gasteiger partial charge in [0, 0.05) is 16.2 Å². The first-order valence-corrected chi connectivity index (χ1v) is 11.7. The van der Waals surface area contributed by atoms with Crippen molar-refractivity contribution in [1.29, 1.82) is 0 Å². The quantitative estimate of drug-likeness (QED) is 0.466. The van der Waals surface area contributed by atoms with E-state index < -0.39 is 18.0 Å². The number of para-hydroxylation sites is 2. The number of hydrogen-bond donors (Lipinski definition) is 2. The fraction of sp³-hybridized carbons (Fsp3) is 0.381. The molecule has 0 bridgehead atoms. The van der Waals surface area contributed by atoms with Crippen LogP contribution in [0.5, 0.6) is 0 Å². The summed E-state index contributed by atoms with van der Waals surface area (Å²) in [6, 6.07) is 7.92. The highest BCUT2D eigenvalue weighted by molar-refractivity contribution is 8.02. The molecule has 0 radical (unpaired) electrons. The molecule has 4 atom stereocenters. The van der Waals surface area contributed by atoms with Gasteiger partial charge in [-0.3, -0.25) is 4.79 Å². The smallest absolute Gasteiger partial charge is 0.353 e. The molecule has 3 aromatic rings. The molecule has 4 heterocycles. The van der Waals surface area contributed by atoms with E-state index in [-0.39, 0.29) is 23.6 Å². The van der Waals surface area contributed by atoms with Crippen molar-refractivity contribution in [2.45, 2.75) is 31.7 Å². The third kappa shape index (κ3) is 2.52. The zero-order chi connectivity index (χ0) is 21.3. The first kappa shape index (κ1) is 19.6. The van der Waals surface area contributed by atoms with Crippen LogP contribution in [0.3, 0.4) is 0 Å². The second-order valence-corrected chi connectivity index (χ2v) is 9.81. The van der Waals surface area contributed by atoms with Crippen LogP contribution in [0.4, 0.5) is 0 Å². The number of imidazole rings is 1. The number of thioether (sulfide) groups is 1. The van der Waals surface area contributed by atoms with Crippen molar-refractivity contribution in [3.05, 3.63) is 45.9 Å². The van der Waals surface area contributed by atoms with Gasteiger partial charge in [0.25, 0.3) is 0 Å². The number of amides is 1. The fourth-order valence-corrected chi connectivity index (χ4v) is 7.20. The molecule has 0 saturated carbocycles. The number of thiazole rings is 1. The van der Waals surface area contributed by atoms with E-state index in [1.54, 1.807) is 18.3 Å². The van der Waals surface area contributed by atoms with Gasteiger partial charge in [0.15, 0.2) is 11.0 Å². The molecule has 30 heavy (non-hydrogen) atoms. The molecule has 1 aromatic carbocycles. The van der Waals surface area contributed by atoms with Gasteiger partial charge in [-0.05, 0) is 19.1 Å². The van der Waals surface area contributed by atoms with Crippen LogP contribution in [0.2, 0.25) is 0 Å². The molecule has 1 saturated heterocycles. The summed E-state index contributed by atoms with van der Waals surface area (Å²) in [4.78, 5) is 27.7. The average Bonchev–Trinajstić information content (AvgIpc) is 3.31. The van der Waals surface area contributed by atoms with E-state index in [9.17, 15) is 19.8 Å². The number of carboxylic acid groups (broad SMARTS) is 1. The zero-order valence-electron chi connectivity index (χ0n) is 16.8. The second-order valence-electron chi connectivity index (χ2n) is 7.95. The van der Waals surface area contributed by atoms with E-state index in [4.69, 9.17) is 0 Å². The van der Waals surface area contributed by atoms with Crippen molar-refractivity contribution in [3.8, 4) is 0 Å². The Kier molecular flexibility index (Phi) is 4.46. The first-order valence-electron chi connectivity index (χ1n) is 9.79. The van der Waals surface area contributed by atoms with Gasteiger partial charge in [0.2, 0.25) is 5.91 Å². The molecule has 2 N–H and O–H groups in total. The molecular weight excluding hydrogens is 422 g/mol. The summed E-state index contributed by atoms with van der Waals surface area (Å²) in [5.74, 6) is -1.44. The molecule has 0 aliphatic carbocycles. The number of carbonyl (C=O) groups excluding carboxylic acids is 1. The predicted molar refractivity (Wildman–Crippen MR) is 115 cm³/mol. The molecule has 5 rings (SSSR count). The van der Waals surface area contributed by atoms with Gasteiger partial charge in [-0.15, -0.1) is 11.8 Å². The number of β-lactam (4-membered cyclic amide) rings is 1. The molecule has 1 fully saturated rings. The molecule has 9 heteroatoms. The van der Waals surface area contributed by atoms with Crippen molar-refractivity contribution in [1.82, 2.24) is 9.30 Å². The zero-order valence-corrected chi connectivity index (χ0v) is 18.4. The number of benzene rings is 1. The summed E-state index contributed by atoms with van der Waals surface area (Å²) >= 11 is 3.14. The van der Waals surface area contributed by atoms with Crippen LogP contribution >= 0.6 is 23.1 Å². The number of fused-ring (bicyclic) bond motifs is 4. The van der Waals surface area contributed by atoms with E-state index in [0.29, 0.717) is 10.7 Å². The molecule has 0 spiro atoms. The number of aliphatic carboxylic acids is 1. The Bertz CT molecular complexity index is 1240. The van der Waals surface area contributed by atoms with Gasteiger partial charge in [-0.2, -0.15) is 4.40 Å². The standard InChI is InChI=1S/C21H21N3O4S2/c1-10-16-15(11(2)25)19(26)24(16)17(20(27)28)18(10)29-8-12-9-30-21-22(3)13-6-4-5-7-14(13)23(12)21/h4-7,9-11,15-16,25H,8H2,1-3H3/p+1/t10-,11-,15?,16?/m1/s1. The highest BCUT2D eigenvalue weighted by Crippen LogP contribution is 2.51. The van der Waals surface area contributed by atoms with E-state index in [1.165, 1.54) is 16.7 Å². The van der Waals surface area contributed by atoms with Gasteiger partial charge >= 0.3 is 10.9 Å². The molecule has 1 amide bonds. The van der Waals surface area contributed by atoms with Crippen LogP contribution in [0, 0.1) is 11.8 Å². The SMILES string of the molecule is C[C@@H](O)C1C(=O)N2C(C(=O)O)=C(SCc3csc4n3c3ccccc3[n+]4C)[C@H](C)C12. The van der Waals surface area contributed by atoms with Crippen LogP contribution in [0.1, 0.15) is 19.5 Å². The van der Waals surface area contributed by atoms with Crippen molar-refractivity contribution < 1.29 is 24.4 Å². The lowest BCUT2D eigenvalue weighted by Gasteiger charge is -2.46. The lowest BCUT2D eigenvalue weighted by atomic mass is 9.79. The minimum Gasteiger partial charge on any atom is -0.477 e. The highest BCUT2D eigenvalue weighted by atomic mass is 32.2. The molecule has 2 aliphatic rings. The molecule has 2 unspecified atom stereocenters. The number of nitrogens with zero attached hydrogens (tertiary/aromatic N) is 3. The Balaban J connectivity index is 1.50. The second kappa shape index (κ2) is 6.83. The number of carboxylic acids is 1. The van der Waals surface area contributed by atoms with Gasteiger partial charge < -0.3 is 15.1 Å². The number of aromatic nitrogens is 2. The van der Waals surface area contributed by atoms with Gasteiger partial charge in [0.05, 0.1) is 30.9 Å². The van der Waals surface area contributed by atoms with E-state index in [1.807, 2.05) is 26.1 Å². The van der Waals surface area contributed by atoms with Gasteiger partial charge in [-0.1, -0.05) is 30.4 Å². The van der Waals surface area contributed by atoms with E-state index in [2.05, 4.69) is 26.5 Å². The van der Waals surface area contributed by atoms with Crippen LogP contribution < -0.4 is 4.57 Å². The third-order valence-electron chi connectivity index (χ3n) is 6.24. The number of rotatable bonds is 5. The minimum atomic E-state index is -1.09. The normalized spacial score (nSPS) is 24.6. The molecule has 2 aromatic heterocycles. The maximum Gasteiger partial charge on any atom is 0.353 e. The van der Waals surface area contributed by atoms with E-state index in [0.717, 1.165) is 21.7 Å². The fourth-order valence-electron chi connectivity index (χ4n) is 4.84. The molecule has 7 nitrogen and oxygen atoms in total. The largest absolute Gasteiger partial charge is 0.477 e.